The standard InChI is InChI=1S/C19H20Cl2N2O3/c1-13(26-18-7-2-14(20)12-17(18)21)19(24)22-15-3-5-16(6-4-15)23-8-10-25-11-9-23/h2-7,12-13H,8-11H2,1H3,(H,22,24). The molecule has 0 bridgehead atoms. The van der Waals surface area contributed by atoms with E-state index in [-0.39, 0.29) is 5.91 Å². The van der Waals surface area contributed by atoms with Crippen LogP contribution in [0.15, 0.2) is 42.5 Å². The number of rotatable bonds is 5. The minimum absolute atomic E-state index is 0.255. The molecule has 0 aromatic heterocycles. The van der Waals surface area contributed by atoms with Crippen LogP contribution in [0.4, 0.5) is 11.4 Å². The van der Waals surface area contributed by atoms with E-state index in [1.165, 1.54) is 0 Å². The van der Waals surface area contributed by atoms with Crippen molar-refractivity contribution in [3.05, 3.63) is 52.5 Å². The molecule has 0 spiro atoms. The quantitative estimate of drug-likeness (QED) is 0.823. The molecule has 1 saturated heterocycles. The molecule has 1 heterocycles. The first kappa shape index (κ1) is 18.8. The summed E-state index contributed by atoms with van der Waals surface area (Å²) in [5.41, 5.74) is 1.83. The molecule has 2 aromatic carbocycles. The SMILES string of the molecule is CC(Oc1ccc(Cl)cc1Cl)C(=O)Nc1ccc(N2CCOCC2)cc1. The molecule has 0 saturated carbocycles. The molecule has 26 heavy (non-hydrogen) atoms. The molecular weight excluding hydrogens is 375 g/mol. The third-order valence-electron chi connectivity index (χ3n) is 4.08. The van der Waals surface area contributed by atoms with Gasteiger partial charge < -0.3 is 19.7 Å². The molecule has 0 aliphatic carbocycles. The fourth-order valence-electron chi connectivity index (χ4n) is 2.64. The number of carbonyl (C=O) groups excluding carboxylic acids is 1. The van der Waals surface area contributed by atoms with E-state index in [0.29, 0.717) is 21.5 Å². The highest BCUT2D eigenvalue weighted by Crippen LogP contribution is 2.28. The summed E-state index contributed by atoms with van der Waals surface area (Å²) in [6, 6.07) is 12.6. The molecule has 1 amide bonds. The van der Waals surface area contributed by atoms with Crippen LogP contribution in [-0.2, 0) is 9.53 Å². The Hall–Kier alpha value is -1.95. The van der Waals surface area contributed by atoms with Gasteiger partial charge in [0.15, 0.2) is 6.10 Å². The number of nitrogens with one attached hydrogen (secondary N) is 1. The number of morpholine rings is 1. The lowest BCUT2D eigenvalue weighted by atomic mass is 10.2. The zero-order chi connectivity index (χ0) is 18.5. The van der Waals surface area contributed by atoms with Crippen LogP contribution in [0.5, 0.6) is 5.75 Å². The fourth-order valence-corrected chi connectivity index (χ4v) is 3.09. The lowest BCUT2D eigenvalue weighted by Gasteiger charge is -2.29. The largest absolute Gasteiger partial charge is 0.479 e. The maximum Gasteiger partial charge on any atom is 0.265 e. The van der Waals surface area contributed by atoms with Crippen LogP contribution in [0.3, 0.4) is 0 Å². The van der Waals surface area contributed by atoms with Crippen molar-refractivity contribution in [3.63, 3.8) is 0 Å². The number of hydrogen-bond acceptors (Lipinski definition) is 4. The van der Waals surface area contributed by atoms with Crippen molar-refractivity contribution in [1.29, 1.82) is 0 Å². The van der Waals surface area contributed by atoms with Crippen LogP contribution in [0.2, 0.25) is 10.0 Å². The zero-order valence-electron chi connectivity index (χ0n) is 14.4. The van der Waals surface area contributed by atoms with E-state index in [2.05, 4.69) is 10.2 Å². The molecule has 1 aliphatic rings. The smallest absolute Gasteiger partial charge is 0.265 e. The van der Waals surface area contributed by atoms with Crippen molar-refractivity contribution in [1.82, 2.24) is 0 Å². The van der Waals surface area contributed by atoms with Crippen molar-refractivity contribution in [2.75, 3.05) is 36.5 Å². The van der Waals surface area contributed by atoms with Crippen molar-refractivity contribution in [3.8, 4) is 5.75 Å². The van der Waals surface area contributed by atoms with Crippen LogP contribution >= 0.6 is 23.2 Å². The van der Waals surface area contributed by atoms with E-state index in [9.17, 15) is 4.79 Å². The summed E-state index contributed by atoms with van der Waals surface area (Å²) in [6.07, 6.45) is -0.701. The highest BCUT2D eigenvalue weighted by Gasteiger charge is 2.17. The summed E-state index contributed by atoms with van der Waals surface area (Å²) in [4.78, 5) is 14.6. The number of carbonyl (C=O) groups is 1. The number of ether oxygens (including phenoxy) is 2. The van der Waals surface area contributed by atoms with E-state index in [1.807, 2.05) is 24.3 Å². The number of nitrogens with zero attached hydrogens (tertiary/aromatic N) is 1. The molecule has 3 rings (SSSR count). The van der Waals surface area contributed by atoms with E-state index in [1.54, 1.807) is 25.1 Å². The summed E-state index contributed by atoms with van der Waals surface area (Å²) in [6.45, 7) is 4.89. The molecule has 1 unspecified atom stereocenters. The molecular formula is C19H20Cl2N2O3. The van der Waals surface area contributed by atoms with Crippen LogP contribution in [0.25, 0.3) is 0 Å². The zero-order valence-corrected chi connectivity index (χ0v) is 15.9. The Kier molecular flexibility index (Phi) is 6.25. The highest BCUT2D eigenvalue weighted by atomic mass is 35.5. The second-order valence-electron chi connectivity index (χ2n) is 5.97. The van der Waals surface area contributed by atoms with Gasteiger partial charge in [0.25, 0.3) is 5.91 Å². The lowest BCUT2D eigenvalue weighted by Crippen LogP contribution is -2.36. The van der Waals surface area contributed by atoms with Gasteiger partial charge in [-0.05, 0) is 49.4 Å². The van der Waals surface area contributed by atoms with Crippen LogP contribution in [-0.4, -0.2) is 38.3 Å². The lowest BCUT2D eigenvalue weighted by molar-refractivity contribution is -0.122. The predicted octanol–water partition coefficient (Wildman–Crippen LogP) is 4.24. The van der Waals surface area contributed by atoms with Crippen LogP contribution in [0, 0.1) is 0 Å². The van der Waals surface area contributed by atoms with Crippen molar-refractivity contribution in [2.24, 2.45) is 0 Å². The Morgan fingerprint density at radius 3 is 2.50 bits per heavy atom. The maximum absolute atomic E-state index is 12.3. The fraction of sp³-hybridized carbons (Fsp3) is 0.316. The molecule has 7 heteroatoms. The van der Waals surface area contributed by atoms with Gasteiger partial charge in [-0.25, -0.2) is 0 Å². The van der Waals surface area contributed by atoms with Crippen molar-refractivity contribution >= 4 is 40.5 Å². The average molecular weight is 395 g/mol. The topological polar surface area (TPSA) is 50.8 Å². The summed E-state index contributed by atoms with van der Waals surface area (Å²) >= 11 is 11.9. The first-order chi connectivity index (χ1) is 12.5. The van der Waals surface area contributed by atoms with E-state index in [0.717, 1.165) is 32.0 Å². The van der Waals surface area contributed by atoms with Gasteiger partial charge >= 0.3 is 0 Å². The second-order valence-corrected chi connectivity index (χ2v) is 6.81. The van der Waals surface area contributed by atoms with Gasteiger partial charge in [0.2, 0.25) is 0 Å². The number of amides is 1. The Morgan fingerprint density at radius 1 is 1.15 bits per heavy atom. The summed E-state index contributed by atoms with van der Waals surface area (Å²) in [5.74, 6) is 0.163. The van der Waals surface area contributed by atoms with Gasteiger partial charge in [-0.15, -0.1) is 0 Å². The van der Waals surface area contributed by atoms with Crippen LogP contribution < -0.4 is 15.0 Å². The van der Waals surface area contributed by atoms with Gasteiger partial charge in [0.1, 0.15) is 5.75 Å². The average Bonchev–Trinajstić information content (AvgIpc) is 2.65. The van der Waals surface area contributed by atoms with Gasteiger partial charge in [-0.2, -0.15) is 0 Å². The summed E-state index contributed by atoms with van der Waals surface area (Å²) in [7, 11) is 0. The Morgan fingerprint density at radius 2 is 1.85 bits per heavy atom. The Labute approximate surface area is 162 Å². The third-order valence-corrected chi connectivity index (χ3v) is 4.61. The third kappa shape index (κ3) is 4.81. The second kappa shape index (κ2) is 8.62. The molecule has 5 nitrogen and oxygen atoms in total. The highest BCUT2D eigenvalue weighted by molar-refractivity contribution is 6.35. The van der Waals surface area contributed by atoms with Crippen LogP contribution in [0.1, 0.15) is 6.92 Å². The molecule has 138 valence electrons. The first-order valence-corrected chi connectivity index (χ1v) is 9.14. The predicted molar refractivity (Wildman–Crippen MR) is 105 cm³/mol. The minimum atomic E-state index is -0.701. The molecule has 0 radical (unpaired) electrons. The van der Waals surface area contributed by atoms with E-state index < -0.39 is 6.10 Å². The number of hydrogen-bond donors (Lipinski definition) is 1. The molecule has 1 fully saturated rings. The molecule has 1 N–H and O–H groups in total. The Balaban J connectivity index is 1.58. The first-order valence-electron chi connectivity index (χ1n) is 8.38. The van der Waals surface area contributed by atoms with Crippen molar-refractivity contribution in [2.45, 2.75) is 13.0 Å². The van der Waals surface area contributed by atoms with Gasteiger partial charge in [-0.1, -0.05) is 23.2 Å². The number of halogens is 2. The van der Waals surface area contributed by atoms with Gasteiger partial charge in [0, 0.05) is 29.5 Å². The number of anilines is 2. The molecule has 2 aromatic rings. The van der Waals surface area contributed by atoms with Gasteiger partial charge in [0.05, 0.1) is 18.2 Å². The summed E-state index contributed by atoms with van der Waals surface area (Å²) in [5, 5.41) is 3.73. The monoisotopic (exact) mass is 394 g/mol. The maximum atomic E-state index is 12.3. The minimum Gasteiger partial charge on any atom is -0.479 e. The normalized spacial score (nSPS) is 15.4. The number of benzene rings is 2. The van der Waals surface area contributed by atoms with Crippen molar-refractivity contribution < 1.29 is 14.3 Å². The van der Waals surface area contributed by atoms with E-state index in [4.69, 9.17) is 32.7 Å². The Bertz CT molecular complexity index is 762. The molecule has 1 aliphatic heterocycles. The van der Waals surface area contributed by atoms with Gasteiger partial charge in [-0.3, -0.25) is 4.79 Å². The van der Waals surface area contributed by atoms with E-state index >= 15 is 0 Å². The molecule has 1 atom stereocenters. The summed E-state index contributed by atoms with van der Waals surface area (Å²) < 4.78 is 11.0.